The Morgan fingerprint density at radius 1 is 1.46 bits per heavy atom. The van der Waals surface area contributed by atoms with E-state index in [4.69, 9.17) is 4.74 Å². The van der Waals surface area contributed by atoms with Crippen molar-refractivity contribution >= 4 is 0 Å². The van der Waals surface area contributed by atoms with Crippen LogP contribution in [0, 0.1) is 23.7 Å². The monoisotopic (exact) mass is 182 g/mol. The number of ether oxygens (including phenoxy) is 1. The average Bonchev–Trinajstić information content (AvgIpc) is 2.44. The molecule has 1 aliphatic carbocycles. The summed E-state index contributed by atoms with van der Waals surface area (Å²) in [6.07, 6.45) is 2.60. The normalized spacial score (nSPS) is 32.7. The lowest BCUT2D eigenvalue weighted by Gasteiger charge is -2.09. The minimum atomic E-state index is -0.166. The summed E-state index contributed by atoms with van der Waals surface area (Å²) >= 11 is 0. The third-order valence-electron chi connectivity index (χ3n) is 2.70. The van der Waals surface area contributed by atoms with Crippen LogP contribution >= 0.6 is 0 Å². The highest BCUT2D eigenvalue weighted by molar-refractivity contribution is 4.99. The summed E-state index contributed by atoms with van der Waals surface area (Å²) in [5, 5.41) is 9.69. The van der Waals surface area contributed by atoms with E-state index in [9.17, 15) is 5.11 Å². The van der Waals surface area contributed by atoms with E-state index in [2.05, 4.69) is 11.8 Å². The molecule has 1 rings (SSSR count). The van der Waals surface area contributed by atoms with Gasteiger partial charge >= 0.3 is 0 Å². The summed E-state index contributed by atoms with van der Waals surface area (Å²) in [4.78, 5) is 0. The molecule has 2 heteroatoms. The zero-order valence-corrected chi connectivity index (χ0v) is 8.42. The number of hydrogen-bond acceptors (Lipinski definition) is 2. The fourth-order valence-corrected chi connectivity index (χ4v) is 2.04. The SMILES string of the molecule is CC#CCC1CC(COC)CC1O. The van der Waals surface area contributed by atoms with Crippen molar-refractivity contribution < 1.29 is 9.84 Å². The van der Waals surface area contributed by atoms with Crippen molar-refractivity contribution in [2.24, 2.45) is 11.8 Å². The van der Waals surface area contributed by atoms with Gasteiger partial charge in [-0.1, -0.05) is 0 Å². The Bertz CT molecular complexity index is 202. The van der Waals surface area contributed by atoms with Crippen LogP contribution < -0.4 is 0 Å². The topological polar surface area (TPSA) is 29.5 Å². The zero-order chi connectivity index (χ0) is 9.68. The first-order chi connectivity index (χ1) is 6.27. The van der Waals surface area contributed by atoms with E-state index >= 15 is 0 Å². The van der Waals surface area contributed by atoms with Crippen molar-refractivity contribution in [3.8, 4) is 11.8 Å². The Kier molecular flexibility index (Phi) is 4.27. The van der Waals surface area contributed by atoms with Gasteiger partial charge in [-0.15, -0.1) is 11.8 Å². The molecule has 0 aromatic carbocycles. The molecule has 3 atom stereocenters. The highest BCUT2D eigenvalue weighted by Crippen LogP contribution is 2.33. The van der Waals surface area contributed by atoms with Crippen molar-refractivity contribution in [3.05, 3.63) is 0 Å². The Morgan fingerprint density at radius 3 is 2.85 bits per heavy atom. The van der Waals surface area contributed by atoms with E-state index in [-0.39, 0.29) is 6.10 Å². The quantitative estimate of drug-likeness (QED) is 0.669. The smallest absolute Gasteiger partial charge is 0.0581 e. The van der Waals surface area contributed by atoms with Crippen molar-refractivity contribution in [3.63, 3.8) is 0 Å². The highest BCUT2D eigenvalue weighted by Gasteiger charge is 2.31. The highest BCUT2D eigenvalue weighted by atomic mass is 16.5. The largest absolute Gasteiger partial charge is 0.393 e. The molecule has 13 heavy (non-hydrogen) atoms. The lowest BCUT2D eigenvalue weighted by atomic mass is 10.0. The Balaban J connectivity index is 2.35. The first kappa shape index (κ1) is 10.6. The molecule has 74 valence electrons. The van der Waals surface area contributed by atoms with Gasteiger partial charge < -0.3 is 9.84 Å². The van der Waals surface area contributed by atoms with Crippen LogP contribution in [0.25, 0.3) is 0 Å². The van der Waals surface area contributed by atoms with E-state index in [1.54, 1.807) is 7.11 Å². The molecule has 0 radical (unpaired) electrons. The molecule has 1 N–H and O–H groups in total. The second-order valence-electron chi connectivity index (χ2n) is 3.75. The number of aliphatic hydroxyl groups excluding tert-OH is 1. The average molecular weight is 182 g/mol. The Morgan fingerprint density at radius 2 is 2.23 bits per heavy atom. The first-order valence-corrected chi connectivity index (χ1v) is 4.84. The molecule has 1 fully saturated rings. The van der Waals surface area contributed by atoms with Gasteiger partial charge in [0.2, 0.25) is 0 Å². The van der Waals surface area contributed by atoms with E-state index in [1.165, 1.54) is 0 Å². The van der Waals surface area contributed by atoms with E-state index in [0.717, 1.165) is 25.9 Å². The minimum absolute atomic E-state index is 0.166. The van der Waals surface area contributed by atoms with Gasteiger partial charge in [0, 0.05) is 20.1 Å². The maximum absolute atomic E-state index is 9.69. The van der Waals surface area contributed by atoms with Crippen molar-refractivity contribution in [1.82, 2.24) is 0 Å². The molecule has 1 saturated carbocycles. The molecule has 0 bridgehead atoms. The van der Waals surface area contributed by atoms with E-state index in [1.807, 2.05) is 6.92 Å². The Hall–Kier alpha value is -0.520. The molecule has 3 unspecified atom stereocenters. The van der Waals surface area contributed by atoms with Gasteiger partial charge in [0.15, 0.2) is 0 Å². The van der Waals surface area contributed by atoms with Crippen LogP contribution in [0.5, 0.6) is 0 Å². The molecule has 0 spiro atoms. The van der Waals surface area contributed by atoms with Crippen molar-refractivity contribution in [2.75, 3.05) is 13.7 Å². The molecule has 0 aliphatic heterocycles. The standard InChI is InChI=1S/C11H18O2/c1-3-4-5-10-6-9(8-13-2)7-11(10)12/h9-12H,5-8H2,1-2H3. The maximum Gasteiger partial charge on any atom is 0.0581 e. The van der Waals surface area contributed by atoms with Gasteiger partial charge in [0.25, 0.3) is 0 Å². The maximum atomic E-state index is 9.69. The summed E-state index contributed by atoms with van der Waals surface area (Å²) in [5.41, 5.74) is 0. The number of methoxy groups -OCH3 is 1. The van der Waals surface area contributed by atoms with E-state index < -0.39 is 0 Å². The predicted molar refractivity (Wildman–Crippen MR) is 52.2 cm³/mol. The van der Waals surface area contributed by atoms with Crippen LogP contribution in [-0.2, 0) is 4.74 Å². The number of hydrogen-bond donors (Lipinski definition) is 1. The van der Waals surface area contributed by atoms with Crippen LogP contribution in [0.2, 0.25) is 0 Å². The zero-order valence-electron chi connectivity index (χ0n) is 8.42. The van der Waals surface area contributed by atoms with Crippen molar-refractivity contribution in [2.45, 2.75) is 32.3 Å². The lowest BCUT2D eigenvalue weighted by Crippen LogP contribution is -2.11. The van der Waals surface area contributed by atoms with Gasteiger partial charge in [-0.3, -0.25) is 0 Å². The third kappa shape index (κ3) is 3.02. The fraction of sp³-hybridized carbons (Fsp3) is 0.818. The summed E-state index contributed by atoms with van der Waals surface area (Å²) in [6.45, 7) is 2.61. The molecular weight excluding hydrogens is 164 g/mol. The fourth-order valence-electron chi connectivity index (χ4n) is 2.04. The molecule has 0 amide bonds. The van der Waals surface area contributed by atoms with Crippen LogP contribution in [0.4, 0.5) is 0 Å². The van der Waals surface area contributed by atoms with Gasteiger partial charge in [-0.25, -0.2) is 0 Å². The van der Waals surface area contributed by atoms with Gasteiger partial charge in [0.1, 0.15) is 0 Å². The number of aliphatic hydroxyl groups is 1. The first-order valence-electron chi connectivity index (χ1n) is 4.84. The molecular formula is C11H18O2. The summed E-state index contributed by atoms with van der Waals surface area (Å²) in [5.74, 6) is 6.80. The van der Waals surface area contributed by atoms with Crippen LogP contribution in [0.3, 0.4) is 0 Å². The van der Waals surface area contributed by atoms with Crippen LogP contribution in [0.15, 0.2) is 0 Å². The van der Waals surface area contributed by atoms with Gasteiger partial charge in [-0.05, 0) is 31.6 Å². The van der Waals surface area contributed by atoms with Crippen molar-refractivity contribution in [1.29, 1.82) is 0 Å². The molecule has 0 aromatic rings. The second-order valence-corrected chi connectivity index (χ2v) is 3.75. The van der Waals surface area contributed by atoms with E-state index in [0.29, 0.717) is 11.8 Å². The van der Waals surface area contributed by atoms with Gasteiger partial charge in [0.05, 0.1) is 6.10 Å². The Labute approximate surface area is 80.3 Å². The summed E-state index contributed by atoms with van der Waals surface area (Å²) < 4.78 is 5.08. The molecule has 0 heterocycles. The third-order valence-corrected chi connectivity index (χ3v) is 2.70. The van der Waals surface area contributed by atoms with Crippen LogP contribution in [-0.4, -0.2) is 24.9 Å². The lowest BCUT2D eigenvalue weighted by molar-refractivity contribution is 0.122. The van der Waals surface area contributed by atoms with Gasteiger partial charge in [-0.2, -0.15) is 0 Å². The predicted octanol–water partition coefficient (Wildman–Crippen LogP) is 1.43. The summed E-state index contributed by atoms with van der Waals surface area (Å²) in [6, 6.07) is 0. The molecule has 0 aromatic heterocycles. The molecule has 1 aliphatic rings. The van der Waals surface area contributed by atoms with Crippen LogP contribution in [0.1, 0.15) is 26.2 Å². The molecule has 0 saturated heterocycles. The number of rotatable bonds is 3. The second kappa shape index (κ2) is 5.26. The summed E-state index contributed by atoms with van der Waals surface area (Å²) in [7, 11) is 1.71. The minimum Gasteiger partial charge on any atom is -0.393 e. The molecule has 2 nitrogen and oxygen atoms in total.